The number of rotatable bonds is 3. The van der Waals surface area contributed by atoms with E-state index in [0.29, 0.717) is 17.5 Å². The summed E-state index contributed by atoms with van der Waals surface area (Å²) in [7, 11) is 0. The third kappa shape index (κ3) is 1.95. The van der Waals surface area contributed by atoms with Crippen LogP contribution in [0.1, 0.15) is 52.0 Å². The van der Waals surface area contributed by atoms with Crippen molar-refractivity contribution in [1.82, 2.24) is 9.55 Å². The summed E-state index contributed by atoms with van der Waals surface area (Å²) in [4.78, 5) is 4.44. The Kier molecular flexibility index (Phi) is 2.23. The van der Waals surface area contributed by atoms with Gasteiger partial charge in [-0.1, -0.05) is 13.8 Å². The highest BCUT2D eigenvalue weighted by atomic mass is 15.2. The Labute approximate surface area is 97.3 Å². The number of nitrogens with one attached hydrogen (secondary N) is 1. The molecule has 0 aliphatic heterocycles. The molecule has 1 unspecified atom stereocenters. The van der Waals surface area contributed by atoms with Crippen LogP contribution in [0.15, 0.2) is 12.4 Å². The molecule has 3 heteroatoms. The molecule has 1 N–H and O–H groups in total. The molecule has 0 saturated heterocycles. The predicted octanol–water partition coefficient (Wildman–Crippen LogP) is 3.21. The normalized spacial score (nSPS) is 28.2. The summed E-state index contributed by atoms with van der Waals surface area (Å²) < 4.78 is 2.35. The van der Waals surface area contributed by atoms with Crippen LogP contribution in [0, 0.1) is 5.41 Å². The largest absolute Gasteiger partial charge is 0.353 e. The summed E-state index contributed by atoms with van der Waals surface area (Å²) in [5.41, 5.74) is 0.506. The lowest BCUT2D eigenvalue weighted by Gasteiger charge is -2.19. The molecule has 3 rings (SSSR count). The van der Waals surface area contributed by atoms with Crippen LogP contribution >= 0.6 is 0 Å². The maximum Gasteiger partial charge on any atom is 0.203 e. The molecular weight excluding hydrogens is 198 g/mol. The summed E-state index contributed by atoms with van der Waals surface area (Å²) in [5.74, 6) is 1.09. The minimum atomic E-state index is 0.506. The quantitative estimate of drug-likeness (QED) is 0.846. The first-order valence-corrected chi connectivity index (χ1v) is 6.43. The molecule has 0 bridgehead atoms. The average Bonchev–Trinajstić information content (AvgIpc) is 2.77. The molecule has 1 aromatic rings. The number of hydrogen-bond acceptors (Lipinski definition) is 2. The molecule has 3 nitrogen and oxygen atoms in total. The van der Waals surface area contributed by atoms with Gasteiger partial charge in [0.25, 0.3) is 0 Å². The minimum absolute atomic E-state index is 0.506. The summed E-state index contributed by atoms with van der Waals surface area (Å²) in [6.45, 7) is 4.75. The second-order valence-electron chi connectivity index (χ2n) is 6.14. The van der Waals surface area contributed by atoms with E-state index in [9.17, 15) is 0 Å². The van der Waals surface area contributed by atoms with Gasteiger partial charge in [-0.2, -0.15) is 0 Å². The fourth-order valence-corrected chi connectivity index (χ4v) is 2.77. The standard InChI is InChI=1S/C13H21N3/c1-13(2)6-5-11(9-13)16-8-7-14-12(16)15-10-3-4-10/h7-8,10-11H,3-6,9H2,1-2H3,(H,14,15). The fourth-order valence-electron chi connectivity index (χ4n) is 2.77. The molecule has 0 radical (unpaired) electrons. The number of anilines is 1. The average molecular weight is 219 g/mol. The van der Waals surface area contributed by atoms with Crippen molar-refractivity contribution < 1.29 is 0 Å². The monoisotopic (exact) mass is 219 g/mol. The second kappa shape index (κ2) is 3.51. The van der Waals surface area contributed by atoms with Crippen LogP contribution in [-0.2, 0) is 0 Å². The van der Waals surface area contributed by atoms with Gasteiger partial charge >= 0.3 is 0 Å². The molecule has 0 amide bonds. The van der Waals surface area contributed by atoms with Crippen molar-refractivity contribution in [1.29, 1.82) is 0 Å². The summed E-state index contributed by atoms with van der Waals surface area (Å²) in [5, 5.41) is 3.52. The van der Waals surface area contributed by atoms with Crippen LogP contribution < -0.4 is 5.32 Å². The van der Waals surface area contributed by atoms with Gasteiger partial charge < -0.3 is 9.88 Å². The van der Waals surface area contributed by atoms with Crippen molar-refractivity contribution in [3.63, 3.8) is 0 Å². The third-order valence-corrected chi connectivity index (χ3v) is 3.92. The molecule has 2 aliphatic rings. The Bertz CT molecular complexity index is 376. The van der Waals surface area contributed by atoms with Crippen molar-refractivity contribution >= 4 is 5.95 Å². The molecule has 1 heterocycles. The number of nitrogens with zero attached hydrogens (tertiary/aromatic N) is 2. The van der Waals surface area contributed by atoms with Gasteiger partial charge in [-0.3, -0.25) is 0 Å². The Morgan fingerprint density at radius 2 is 2.19 bits per heavy atom. The predicted molar refractivity (Wildman–Crippen MR) is 65.5 cm³/mol. The second-order valence-corrected chi connectivity index (χ2v) is 6.14. The summed E-state index contributed by atoms with van der Waals surface area (Å²) in [6.07, 6.45) is 10.6. The van der Waals surface area contributed by atoms with Crippen LogP contribution in [0.4, 0.5) is 5.95 Å². The first-order chi connectivity index (χ1) is 7.64. The van der Waals surface area contributed by atoms with Crippen LogP contribution in [0.3, 0.4) is 0 Å². The van der Waals surface area contributed by atoms with Crippen LogP contribution in [0.2, 0.25) is 0 Å². The molecule has 2 aliphatic carbocycles. The fraction of sp³-hybridized carbons (Fsp3) is 0.769. The van der Waals surface area contributed by atoms with Crippen molar-refractivity contribution in [2.24, 2.45) is 5.41 Å². The zero-order valence-corrected chi connectivity index (χ0v) is 10.2. The van der Waals surface area contributed by atoms with Gasteiger partial charge in [0, 0.05) is 24.5 Å². The highest BCUT2D eigenvalue weighted by Crippen LogP contribution is 2.44. The molecule has 1 atom stereocenters. The van der Waals surface area contributed by atoms with Crippen LogP contribution in [-0.4, -0.2) is 15.6 Å². The van der Waals surface area contributed by atoms with Gasteiger partial charge in [-0.25, -0.2) is 4.98 Å². The van der Waals surface area contributed by atoms with Gasteiger partial charge in [0.2, 0.25) is 5.95 Å². The third-order valence-electron chi connectivity index (χ3n) is 3.92. The molecular formula is C13H21N3. The van der Waals surface area contributed by atoms with Crippen molar-refractivity contribution in [2.45, 2.75) is 58.0 Å². The van der Waals surface area contributed by atoms with Gasteiger partial charge in [0.15, 0.2) is 0 Å². The lowest BCUT2D eigenvalue weighted by Crippen LogP contribution is -2.13. The molecule has 0 aromatic carbocycles. The maximum atomic E-state index is 4.44. The van der Waals surface area contributed by atoms with E-state index < -0.39 is 0 Å². The van der Waals surface area contributed by atoms with Gasteiger partial charge in [0.05, 0.1) is 0 Å². The van der Waals surface area contributed by atoms with E-state index in [1.54, 1.807) is 0 Å². The van der Waals surface area contributed by atoms with Crippen LogP contribution in [0.5, 0.6) is 0 Å². The lowest BCUT2D eigenvalue weighted by atomic mass is 9.92. The smallest absolute Gasteiger partial charge is 0.203 e. The SMILES string of the molecule is CC1(C)CCC(n2ccnc2NC2CC2)C1. The molecule has 88 valence electrons. The van der Waals surface area contributed by atoms with Crippen molar-refractivity contribution in [3.05, 3.63) is 12.4 Å². The number of aromatic nitrogens is 2. The summed E-state index contributed by atoms with van der Waals surface area (Å²) in [6, 6.07) is 1.34. The van der Waals surface area contributed by atoms with E-state index in [1.807, 2.05) is 6.20 Å². The molecule has 2 saturated carbocycles. The molecule has 2 fully saturated rings. The first-order valence-electron chi connectivity index (χ1n) is 6.43. The Hall–Kier alpha value is -0.990. The zero-order valence-electron chi connectivity index (χ0n) is 10.2. The van der Waals surface area contributed by atoms with Gasteiger partial charge in [-0.15, -0.1) is 0 Å². The Balaban J connectivity index is 1.75. The van der Waals surface area contributed by atoms with Gasteiger partial charge in [-0.05, 0) is 37.5 Å². The molecule has 0 spiro atoms. The maximum absolute atomic E-state index is 4.44. The van der Waals surface area contributed by atoms with E-state index >= 15 is 0 Å². The Morgan fingerprint density at radius 3 is 2.81 bits per heavy atom. The van der Waals surface area contributed by atoms with Crippen LogP contribution in [0.25, 0.3) is 0 Å². The molecule has 16 heavy (non-hydrogen) atoms. The van der Waals surface area contributed by atoms with Gasteiger partial charge in [0.1, 0.15) is 0 Å². The highest BCUT2D eigenvalue weighted by molar-refractivity contribution is 5.30. The van der Waals surface area contributed by atoms with E-state index in [2.05, 4.69) is 34.9 Å². The highest BCUT2D eigenvalue weighted by Gasteiger charge is 2.33. The van der Waals surface area contributed by atoms with E-state index in [-0.39, 0.29) is 0 Å². The number of imidazole rings is 1. The topological polar surface area (TPSA) is 29.9 Å². The first kappa shape index (κ1) is 10.2. The van der Waals surface area contributed by atoms with E-state index in [1.165, 1.54) is 32.1 Å². The van der Waals surface area contributed by atoms with E-state index in [0.717, 1.165) is 5.95 Å². The zero-order chi connectivity index (χ0) is 11.2. The van der Waals surface area contributed by atoms with Crippen molar-refractivity contribution in [3.8, 4) is 0 Å². The summed E-state index contributed by atoms with van der Waals surface area (Å²) >= 11 is 0. The minimum Gasteiger partial charge on any atom is -0.353 e. The Morgan fingerprint density at radius 1 is 1.38 bits per heavy atom. The van der Waals surface area contributed by atoms with Crippen molar-refractivity contribution in [2.75, 3.05) is 5.32 Å². The molecule has 1 aromatic heterocycles. The van der Waals surface area contributed by atoms with E-state index in [4.69, 9.17) is 0 Å². The lowest BCUT2D eigenvalue weighted by molar-refractivity contribution is 0.359. The number of hydrogen-bond donors (Lipinski definition) is 1.